The van der Waals surface area contributed by atoms with E-state index in [2.05, 4.69) is 0 Å². The maximum Gasteiger partial charge on any atom is 0.323 e. The maximum atomic E-state index is 11.8. The lowest BCUT2D eigenvalue weighted by Gasteiger charge is -2.29. The van der Waals surface area contributed by atoms with Crippen molar-refractivity contribution in [3.05, 3.63) is 0 Å². The lowest BCUT2D eigenvalue weighted by Crippen LogP contribution is -2.47. The van der Waals surface area contributed by atoms with Crippen LogP contribution >= 0.6 is 0 Å². The van der Waals surface area contributed by atoms with Crippen molar-refractivity contribution < 1.29 is 23.9 Å². The number of aliphatic carboxylic acids is 1. The van der Waals surface area contributed by atoms with E-state index in [-0.39, 0.29) is 12.3 Å². The van der Waals surface area contributed by atoms with Crippen LogP contribution in [-0.4, -0.2) is 56.3 Å². The van der Waals surface area contributed by atoms with E-state index in [0.29, 0.717) is 17.4 Å². The smallest absolute Gasteiger partial charge is 0.323 e. The lowest BCUT2D eigenvalue weighted by atomic mass is 10.0. The Morgan fingerprint density at radius 1 is 1.26 bits per heavy atom. The normalized spacial score (nSPS) is 15.1. The quantitative estimate of drug-likeness (QED) is 0.458. The highest BCUT2D eigenvalue weighted by Gasteiger charge is 2.25. The van der Waals surface area contributed by atoms with Crippen LogP contribution in [0.15, 0.2) is 0 Å². The van der Waals surface area contributed by atoms with Crippen molar-refractivity contribution in [1.82, 2.24) is 0 Å². The fraction of sp³-hybridized carbons (Fsp3) is 0.846. The van der Waals surface area contributed by atoms with Gasteiger partial charge in [-0.3, -0.25) is 4.79 Å². The first-order valence-electron chi connectivity index (χ1n) is 6.47. The Morgan fingerprint density at radius 2 is 1.79 bits per heavy atom. The maximum absolute atomic E-state index is 11.8. The lowest BCUT2D eigenvalue weighted by molar-refractivity contribution is -0.873. The average molecular weight is 274 g/mol. The van der Waals surface area contributed by atoms with Gasteiger partial charge in [-0.2, -0.15) is 0 Å². The van der Waals surface area contributed by atoms with Crippen LogP contribution in [0.4, 0.5) is 0 Å². The summed E-state index contributed by atoms with van der Waals surface area (Å²) in [6, 6.07) is -0.711. The number of ether oxygens (including phenoxy) is 1. The van der Waals surface area contributed by atoms with E-state index in [4.69, 9.17) is 10.5 Å². The fourth-order valence-electron chi connectivity index (χ4n) is 1.80. The molecule has 2 N–H and O–H groups in total. The van der Waals surface area contributed by atoms with Crippen molar-refractivity contribution in [3.63, 3.8) is 0 Å². The predicted octanol–water partition coefficient (Wildman–Crippen LogP) is -0.882. The van der Waals surface area contributed by atoms with Gasteiger partial charge < -0.3 is 24.9 Å². The second-order valence-electron chi connectivity index (χ2n) is 6.34. The highest BCUT2D eigenvalue weighted by molar-refractivity contribution is 5.76. The number of carbonyl (C=O) groups excluding carboxylic acids is 2. The summed E-state index contributed by atoms with van der Waals surface area (Å²) < 4.78 is 5.69. The summed E-state index contributed by atoms with van der Waals surface area (Å²) in [7, 11) is 5.68. The van der Waals surface area contributed by atoms with Gasteiger partial charge in [0.1, 0.15) is 12.6 Å². The van der Waals surface area contributed by atoms with E-state index < -0.39 is 24.1 Å². The van der Waals surface area contributed by atoms with E-state index in [1.165, 1.54) is 0 Å². The number of rotatable bonds is 8. The molecule has 0 aromatic carbocycles. The first-order chi connectivity index (χ1) is 8.51. The van der Waals surface area contributed by atoms with Gasteiger partial charge in [0.15, 0.2) is 6.10 Å². The van der Waals surface area contributed by atoms with Crippen LogP contribution in [0.25, 0.3) is 0 Å². The largest absolute Gasteiger partial charge is 0.550 e. The number of carbonyl (C=O) groups is 2. The molecule has 0 aliphatic rings. The molecule has 19 heavy (non-hydrogen) atoms. The molecule has 6 nitrogen and oxygen atoms in total. The summed E-state index contributed by atoms with van der Waals surface area (Å²) in [5, 5.41) is 10.7. The topological polar surface area (TPSA) is 92.5 Å². The third-order valence-corrected chi connectivity index (χ3v) is 2.46. The number of carboxylic acid groups (broad SMARTS) is 1. The number of likely N-dealkylation sites (N-methyl/N-ethyl adjacent to an activating group) is 1. The Balaban J connectivity index is 4.54. The molecule has 0 fully saturated rings. The Morgan fingerprint density at radius 3 is 2.16 bits per heavy atom. The standard InChI is InChI=1S/C13H26N2O4/c1-9(2)6-11(14)13(18)19-10(7-12(16)17)8-15(3,4)5/h9-11H,6-8,14H2,1-5H3/t10?,11-/m0/s1. The number of hydrogen-bond acceptors (Lipinski definition) is 5. The van der Waals surface area contributed by atoms with E-state index in [9.17, 15) is 14.7 Å². The predicted molar refractivity (Wildman–Crippen MR) is 69.8 cm³/mol. The molecule has 0 heterocycles. The molecule has 0 rings (SSSR count). The number of quaternary nitrogens is 1. The SMILES string of the molecule is CC(C)C[C@H](N)C(=O)OC(CC(=O)[O-])C[N+](C)(C)C. The van der Waals surface area contributed by atoms with E-state index in [1.54, 1.807) is 0 Å². The molecular weight excluding hydrogens is 248 g/mol. The van der Waals surface area contributed by atoms with Crippen LogP contribution in [0.3, 0.4) is 0 Å². The first kappa shape index (κ1) is 17.9. The summed E-state index contributed by atoms with van der Waals surface area (Å²) in [6.45, 7) is 4.31. The Hall–Kier alpha value is -1.14. The molecule has 0 radical (unpaired) electrons. The molecule has 2 atom stereocenters. The van der Waals surface area contributed by atoms with Crippen LogP contribution in [-0.2, 0) is 14.3 Å². The van der Waals surface area contributed by atoms with E-state index in [1.807, 2.05) is 35.0 Å². The van der Waals surface area contributed by atoms with Crippen LogP contribution in [0.2, 0.25) is 0 Å². The van der Waals surface area contributed by atoms with Crippen molar-refractivity contribution in [1.29, 1.82) is 0 Å². The van der Waals surface area contributed by atoms with Gasteiger partial charge in [-0.05, 0) is 12.3 Å². The Labute approximate surface area is 115 Å². The van der Waals surface area contributed by atoms with Gasteiger partial charge in [0.05, 0.1) is 21.1 Å². The zero-order chi connectivity index (χ0) is 15.2. The molecule has 0 amide bonds. The van der Waals surface area contributed by atoms with Gasteiger partial charge in [-0.1, -0.05) is 13.8 Å². The summed E-state index contributed by atoms with van der Waals surface area (Å²) in [4.78, 5) is 22.5. The number of esters is 1. The molecule has 6 heteroatoms. The minimum absolute atomic E-state index is 0.278. The van der Waals surface area contributed by atoms with Crippen LogP contribution < -0.4 is 10.8 Å². The minimum Gasteiger partial charge on any atom is -0.550 e. The molecular formula is C13H26N2O4. The second-order valence-corrected chi connectivity index (χ2v) is 6.34. The van der Waals surface area contributed by atoms with Gasteiger partial charge in [0, 0.05) is 12.4 Å². The van der Waals surface area contributed by atoms with Crippen LogP contribution in [0.1, 0.15) is 26.7 Å². The van der Waals surface area contributed by atoms with Gasteiger partial charge in [0.25, 0.3) is 0 Å². The van der Waals surface area contributed by atoms with Crippen molar-refractivity contribution in [2.24, 2.45) is 11.7 Å². The zero-order valence-electron chi connectivity index (χ0n) is 12.5. The highest BCUT2D eigenvalue weighted by atomic mass is 16.5. The summed E-state index contributed by atoms with van der Waals surface area (Å²) in [5.74, 6) is -1.50. The van der Waals surface area contributed by atoms with Crippen molar-refractivity contribution in [3.8, 4) is 0 Å². The third-order valence-electron chi connectivity index (χ3n) is 2.46. The fourth-order valence-corrected chi connectivity index (χ4v) is 1.80. The van der Waals surface area contributed by atoms with Crippen molar-refractivity contribution in [2.75, 3.05) is 27.7 Å². The third kappa shape index (κ3) is 9.44. The van der Waals surface area contributed by atoms with Gasteiger partial charge in [0.2, 0.25) is 0 Å². The number of nitrogens with two attached hydrogens (primary N) is 1. The van der Waals surface area contributed by atoms with Gasteiger partial charge in [-0.25, -0.2) is 0 Å². The molecule has 0 spiro atoms. The van der Waals surface area contributed by atoms with Crippen LogP contribution in [0.5, 0.6) is 0 Å². The number of carboxylic acids is 1. The number of nitrogens with zero attached hydrogens (tertiary/aromatic N) is 1. The van der Waals surface area contributed by atoms with E-state index >= 15 is 0 Å². The minimum atomic E-state index is -1.23. The van der Waals surface area contributed by atoms with Crippen LogP contribution in [0, 0.1) is 5.92 Å². The Bertz CT molecular complexity index is 310. The Kier molecular flexibility index (Phi) is 7.00. The van der Waals surface area contributed by atoms with Crippen molar-refractivity contribution >= 4 is 11.9 Å². The summed E-state index contributed by atoms with van der Waals surface area (Å²) in [6.07, 6.45) is -0.507. The molecule has 0 saturated carbocycles. The number of hydrogen-bond donors (Lipinski definition) is 1. The first-order valence-corrected chi connectivity index (χ1v) is 6.47. The second kappa shape index (κ2) is 7.45. The average Bonchev–Trinajstić information content (AvgIpc) is 2.11. The summed E-state index contributed by atoms with van der Waals surface area (Å²) >= 11 is 0. The summed E-state index contributed by atoms with van der Waals surface area (Å²) in [5.41, 5.74) is 5.72. The monoisotopic (exact) mass is 274 g/mol. The molecule has 1 unspecified atom stereocenters. The van der Waals surface area contributed by atoms with E-state index in [0.717, 1.165) is 0 Å². The molecule has 112 valence electrons. The molecule has 0 aliphatic carbocycles. The molecule has 0 aromatic heterocycles. The molecule has 0 saturated heterocycles. The molecule has 0 aromatic rings. The van der Waals surface area contributed by atoms with Gasteiger partial charge >= 0.3 is 5.97 Å². The molecule has 0 aliphatic heterocycles. The molecule has 0 bridgehead atoms. The zero-order valence-corrected chi connectivity index (χ0v) is 12.5. The van der Waals surface area contributed by atoms with Crippen molar-refractivity contribution in [2.45, 2.75) is 38.8 Å². The van der Waals surface area contributed by atoms with Gasteiger partial charge in [-0.15, -0.1) is 0 Å². The highest BCUT2D eigenvalue weighted by Crippen LogP contribution is 2.09.